The molecule has 1 N–H and O–H groups in total. The Kier molecular flexibility index (Phi) is 5.35. The second-order valence-corrected chi connectivity index (χ2v) is 8.72. The highest BCUT2D eigenvalue weighted by Crippen LogP contribution is 2.43. The van der Waals surface area contributed by atoms with E-state index in [1.165, 1.54) is 0 Å². The van der Waals surface area contributed by atoms with Crippen LogP contribution in [0, 0.1) is 13.8 Å². The summed E-state index contributed by atoms with van der Waals surface area (Å²) in [5, 5.41) is 11.4. The van der Waals surface area contributed by atoms with Gasteiger partial charge in [-0.25, -0.2) is 0 Å². The summed E-state index contributed by atoms with van der Waals surface area (Å²) in [7, 11) is 0. The molecule has 1 aliphatic rings. The molecule has 3 aromatic rings. The minimum absolute atomic E-state index is 0.276. The van der Waals surface area contributed by atoms with E-state index >= 15 is 0 Å². The molecule has 1 heterocycles. The van der Waals surface area contributed by atoms with Crippen LogP contribution in [0.2, 0.25) is 0 Å². The number of hydrogen-bond donors (Lipinski definition) is 1. The molecule has 0 spiro atoms. The summed E-state index contributed by atoms with van der Waals surface area (Å²) < 4.78 is 0.861. The van der Waals surface area contributed by atoms with Crippen LogP contribution in [0.5, 0.6) is 0 Å². The molecular weight excluding hydrogens is 442 g/mol. The summed E-state index contributed by atoms with van der Waals surface area (Å²) in [6.45, 7) is 4.38. The van der Waals surface area contributed by atoms with E-state index in [1.54, 1.807) is 41.3 Å². The topological polar surface area (TPSA) is 57.6 Å². The number of para-hydroxylation sites is 1. The highest BCUT2D eigenvalue weighted by molar-refractivity contribution is 9.10. The lowest BCUT2D eigenvalue weighted by Crippen LogP contribution is -2.41. The van der Waals surface area contributed by atoms with E-state index in [0.29, 0.717) is 23.4 Å². The van der Waals surface area contributed by atoms with Gasteiger partial charge in [-0.2, -0.15) is 0 Å². The number of halogens is 1. The first kappa shape index (κ1) is 20.5. The fraction of sp³-hybridized carbons (Fsp3) is 0.200. The summed E-state index contributed by atoms with van der Waals surface area (Å²) in [6.07, 6.45) is -0.298. The molecule has 0 saturated carbocycles. The lowest BCUT2D eigenvalue weighted by molar-refractivity contribution is -0.136. The Bertz CT molecular complexity index is 1140. The quantitative estimate of drug-likeness (QED) is 0.537. The maximum absolute atomic E-state index is 13.4. The first-order chi connectivity index (χ1) is 14.3. The molecule has 1 atom stereocenters. The van der Waals surface area contributed by atoms with Crippen LogP contribution >= 0.6 is 15.9 Å². The van der Waals surface area contributed by atoms with Gasteiger partial charge in [0.15, 0.2) is 11.4 Å². The van der Waals surface area contributed by atoms with Gasteiger partial charge in [0.1, 0.15) is 0 Å². The predicted octanol–water partition coefficient (Wildman–Crippen LogP) is 5.07. The molecule has 1 aliphatic heterocycles. The average molecular weight is 464 g/mol. The summed E-state index contributed by atoms with van der Waals surface area (Å²) in [6, 6.07) is 20.2. The van der Waals surface area contributed by atoms with Crippen LogP contribution in [0.3, 0.4) is 0 Å². The molecule has 0 unspecified atom stereocenters. The number of amides is 1. The highest BCUT2D eigenvalue weighted by atomic mass is 79.9. The van der Waals surface area contributed by atoms with Crippen molar-refractivity contribution in [3.05, 3.63) is 99.0 Å². The van der Waals surface area contributed by atoms with E-state index in [4.69, 9.17) is 0 Å². The number of aliphatic hydroxyl groups is 1. The monoisotopic (exact) mass is 463 g/mol. The van der Waals surface area contributed by atoms with Gasteiger partial charge in [0.2, 0.25) is 0 Å². The molecule has 152 valence electrons. The van der Waals surface area contributed by atoms with E-state index in [0.717, 1.165) is 21.2 Å². The van der Waals surface area contributed by atoms with Gasteiger partial charge in [-0.15, -0.1) is 0 Å². The van der Waals surface area contributed by atoms with Crippen molar-refractivity contribution >= 4 is 33.3 Å². The van der Waals surface area contributed by atoms with Crippen LogP contribution in [-0.2, 0) is 16.9 Å². The second-order valence-electron chi connectivity index (χ2n) is 7.81. The number of carbonyl (C=O) groups excluding carboxylic acids is 2. The first-order valence-electron chi connectivity index (χ1n) is 9.78. The maximum Gasteiger partial charge on any atom is 0.264 e. The van der Waals surface area contributed by atoms with Gasteiger partial charge < -0.3 is 10.0 Å². The minimum atomic E-state index is -1.88. The first-order valence-corrected chi connectivity index (χ1v) is 10.6. The van der Waals surface area contributed by atoms with E-state index in [2.05, 4.69) is 22.0 Å². The van der Waals surface area contributed by atoms with Crippen LogP contribution in [0.25, 0.3) is 0 Å². The third-order valence-electron chi connectivity index (χ3n) is 5.65. The van der Waals surface area contributed by atoms with E-state index in [1.807, 2.05) is 38.1 Å². The normalized spacial score (nSPS) is 17.9. The Balaban J connectivity index is 1.68. The van der Waals surface area contributed by atoms with Gasteiger partial charge in [-0.1, -0.05) is 70.0 Å². The van der Waals surface area contributed by atoms with Crippen LogP contribution in [0.4, 0.5) is 5.69 Å². The van der Waals surface area contributed by atoms with Gasteiger partial charge in [-0.05, 0) is 43.2 Å². The number of rotatable bonds is 5. The molecule has 4 nitrogen and oxygen atoms in total. The van der Waals surface area contributed by atoms with Crippen molar-refractivity contribution in [1.29, 1.82) is 0 Å². The van der Waals surface area contributed by atoms with Gasteiger partial charge in [0.25, 0.3) is 5.91 Å². The number of aryl methyl sites for hydroxylation is 2. The number of ketones is 1. The highest BCUT2D eigenvalue weighted by Gasteiger charge is 2.50. The zero-order valence-corrected chi connectivity index (χ0v) is 18.4. The number of nitrogens with zero attached hydrogens (tertiary/aromatic N) is 1. The average Bonchev–Trinajstić information content (AvgIpc) is 2.92. The lowest BCUT2D eigenvalue weighted by atomic mass is 9.88. The number of carbonyl (C=O) groups is 2. The van der Waals surface area contributed by atoms with Crippen LogP contribution in [0.1, 0.15) is 39.0 Å². The molecule has 0 aliphatic carbocycles. The Hall–Kier alpha value is -2.76. The lowest BCUT2D eigenvalue weighted by Gasteiger charge is -2.23. The van der Waals surface area contributed by atoms with Crippen molar-refractivity contribution in [2.75, 3.05) is 4.90 Å². The van der Waals surface area contributed by atoms with Gasteiger partial charge in [0.05, 0.1) is 18.7 Å². The maximum atomic E-state index is 13.4. The molecule has 30 heavy (non-hydrogen) atoms. The molecule has 0 fully saturated rings. The van der Waals surface area contributed by atoms with E-state index in [9.17, 15) is 14.7 Å². The Labute approximate surface area is 184 Å². The smallest absolute Gasteiger partial charge is 0.264 e. The predicted molar refractivity (Wildman–Crippen MR) is 121 cm³/mol. The molecule has 3 aromatic carbocycles. The number of benzene rings is 3. The second kappa shape index (κ2) is 7.82. The summed E-state index contributed by atoms with van der Waals surface area (Å²) in [4.78, 5) is 27.9. The molecule has 1 amide bonds. The zero-order valence-electron chi connectivity index (χ0n) is 16.9. The number of hydrogen-bond acceptors (Lipinski definition) is 3. The Morgan fingerprint density at radius 1 is 1.03 bits per heavy atom. The molecule has 0 bridgehead atoms. The van der Waals surface area contributed by atoms with E-state index in [-0.39, 0.29) is 12.2 Å². The van der Waals surface area contributed by atoms with Crippen molar-refractivity contribution in [2.45, 2.75) is 32.4 Å². The van der Waals surface area contributed by atoms with Gasteiger partial charge >= 0.3 is 0 Å². The molecule has 0 radical (unpaired) electrons. The van der Waals surface area contributed by atoms with Gasteiger partial charge in [-0.3, -0.25) is 9.59 Å². The summed E-state index contributed by atoms with van der Waals surface area (Å²) >= 11 is 3.35. The van der Waals surface area contributed by atoms with Crippen LogP contribution in [0.15, 0.2) is 71.2 Å². The standard InChI is InChI=1S/C25H22BrNO3/c1-16-7-8-19(17(2)13-16)15-27-22-6-4-3-5-21(22)25(30,24(27)29)14-23(28)18-9-11-20(26)12-10-18/h3-13,30H,14-15H2,1-2H3/t25-/m1/s1. The Morgan fingerprint density at radius 3 is 2.43 bits per heavy atom. The van der Waals surface area contributed by atoms with Crippen LogP contribution in [-0.4, -0.2) is 16.8 Å². The molecule has 4 rings (SSSR count). The number of anilines is 1. The van der Waals surface area contributed by atoms with Crippen molar-refractivity contribution in [3.63, 3.8) is 0 Å². The zero-order chi connectivity index (χ0) is 21.5. The summed E-state index contributed by atoms with van der Waals surface area (Å²) in [5.41, 5.74) is 2.96. The van der Waals surface area contributed by atoms with Crippen LogP contribution < -0.4 is 4.90 Å². The SMILES string of the molecule is Cc1ccc(CN2C(=O)[C@@](O)(CC(=O)c3ccc(Br)cc3)c3ccccc32)c(C)c1. The number of Topliss-reactive ketones (excluding diaryl/α,β-unsaturated/α-hetero) is 1. The van der Waals surface area contributed by atoms with Crippen molar-refractivity contribution in [2.24, 2.45) is 0 Å². The van der Waals surface area contributed by atoms with E-state index < -0.39 is 11.5 Å². The molecule has 5 heteroatoms. The minimum Gasteiger partial charge on any atom is -0.375 e. The largest absolute Gasteiger partial charge is 0.375 e. The molecule has 0 saturated heterocycles. The summed E-state index contributed by atoms with van der Waals surface area (Å²) in [5.74, 6) is -0.740. The molecule has 0 aromatic heterocycles. The van der Waals surface area contributed by atoms with Crippen molar-refractivity contribution < 1.29 is 14.7 Å². The van der Waals surface area contributed by atoms with Gasteiger partial charge in [0, 0.05) is 15.6 Å². The van der Waals surface area contributed by atoms with Crippen molar-refractivity contribution in [3.8, 4) is 0 Å². The number of fused-ring (bicyclic) bond motifs is 1. The third-order valence-corrected chi connectivity index (χ3v) is 6.18. The molecular formula is C25H22BrNO3. The third kappa shape index (κ3) is 3.59. The Morgan fingerprint density at radius 2 is 1.73 bits per heavy atom. The van der Waals surface area contributed by atoms with Crippen molar-refractivity contribution in [1.82, 2.24) is 0 Å². The fourth-order valence-corrected chi connectivity index (χ4v) is 4.26. The fourth-order valence-electron chi connectivity index (χ4n) is 4.00.